The first kappa shape index (κ1) is 23.5. The number of carbonyl (C=O) groups excluding carboxylic acids is 2. The van der Waals surface area contributed by atoms with Gasteiger partial charge in [0.1, 0.15) is 5.75 Å². The highest BCUT2D eigenvalue weighted by Crippen LogP contribution is 2.24. The van der Waals surface area contributed by atoms with Crippen LogP contribution in [0.3, 0.4) is 0 Å². The van der Waals surface area contributed by atoms with E-state index in [1.165, 1.54) is 6.42 Å². The Labute approximate surface area is 180 Å². The zero-order chi connectivity index (χ0) is 20.1. The lowest BCUT2D eigenvalue weighted by Crippen LogP contribution is -2.49. The summed E-state index contributed by atoms with van der Waals surface area (Å²) in [7, 11) is 1.92. The zero-order valence-corrected chi connectivity index (χ0v) is 18.5. The van der Waals surface area contributed by atoms with E-state index in [-0.39, 0.29) is 49.0 Å². The number of benzene rings is 1. The van der Waals surface area contributed by atoms with Crippen molar-refractivity contribution in [1.82, 2.24) is 15.1 Å². The average Bonchev–Trinajstić information content (AvgIpc) is 3.14. The lowest BCUT2D eigenvalue weighted by atomic mass is 9.97. The number of amides is 2. The van der Waals surface area contributed by atoms with Gasteiger partial charge in [-0.15, -0.1) is 12.4 Å². The summed E-state index contributed by atoms with van der Waals surface area (Å²) in [6.07, 6.45) is 5.38. The second-order valence-corrected chi connectivity index (χ2v) is 8.10. The highest BCUT2D eigenvalue weighted by atomic mass is 35.5. The second-order valence-electron chi connectivity index (χ2n) is 8.10. The Morgan fingerprint density at radius 3 is 2.34 bits per heavy atom. The van der Waals surface area contributed by atoms with Crippen LogP contribution in [0.25, 0.3) is 0 Å². The lowest BCUT2D eigenvalue weighted by molar-refractivity contribution is -0.139. The van der Waals surface area contributed by atoms with Crippen molar-refractivity contribution in [2.75, 3.05) is 26.7 Å². The van der Waals surface area contributed by atoms with Crippen molar-refractivity contribution in [2.45, 2.75) is 64.1 Å². The molecule has 2 aliphatic rings. The molecule has 0 aromatic heterocycles. The Morgan fingerprint density at radius 2 is 1.72 bits per heavy atom. The summed E-state index contributed by atoms with van der Waals surface area (Å²) in [5.41, 5.74) is 0.667. The average molecular weight is 424 g/mol. The molecule has 2 heterocycles. The minimum absolute atomic E-state index is 0. The van der Waals surface area contributed by atoms with Gasteiger partial charge in [-0.25, -0.2) is 0 Å². The van der Waals surface area contributed by atoms with Gasteiger partial charge in [-0.3, -0.25) is 9.59 Å². The molecule has 1 N–H and O–H groups in total. The molecule has 0 saturated carbocycles. The number of nitrogens with zero attached hydrogens (tertiary/aromatic N) is 2. The number of piperidine rings is 1. The van der Waals surface area contributed by atoms with Crippen LogP contribution in [0, 0.1) is 0 Å². The third-order valence-electron chi connectivity index (χ3n) is 6.02. The Morgan fingerprint density at radius 1 is 1.07 bits per heavy atom. The molecule has 7 heteroatoms. The topological polar surface area (TPSA) is 61.9 Å². The van der Waals surface area contributed by atoms with Crippen LogP contribution in [0.1, 0.15) is 56.3 Å². The Balaban J connectivity index is 0.00000300. The monoisotopic (exact) mass is 423 g/mol. The molecule has 2 aliphatic heterocycles. The molecule has 1 aromatic rings. The van der Waals surface area contributed by atoms with Crippen LogP contribution < -0.4 is 10.1 Å². The molecule has 2 saturated heterocycles. The Kier molecular flexibility index (Phi) is 8.78. The molecule has 29 heavy (non-hydrogen) atoms. The van der Waals surface area contributed by atoms with Crippen LogP contribution in [0.4, 0.5) is 0 Å². The van der Waals surface area contributed by atoms with E-state index in [2.05, 4.69) is 19.2 Å². The molecule has 2 fully saturated rings. The maximum Gasteiger partial charge on any atom is 0.260 e. The van der Waals surface area contributed by atoms with Crippen molar-refractivity contribution >= 4 is 24.2 Å². The molecule has 0 aliphatic carbocycles. The Hall–Kier alpha value is -1.79. The van der Waals surface area contributed by atoms with Gasteiger partial charge in [0.05, 0.1) is 0 Å². The van der Waals surface area contributed by atoms with E-state index in [0.717, 1.165) is 38.8 Å². The van der Waals surface area contributed by atoms with E-state index in [1.54, 1.807) is 24.3 Å². The number of hydrogen-bond donors (Lipinski definition) is 1. The number of carbonyl (C=O) groups is 2. The van der Waals surface area contributed by atoms with Gasteiger partial charge in [0.15, 0.2) is 6.61 Å². The van der Waals surface area contributed by atoms with Crippen molar-refractivity contribution in [3.8, 4) is 5.75 Å². The summed E-state index contributed by atoms with van der Waals surface area (Å²) in [5, 5.41) is 3.17. The molecule has 0 radical (unpaired) electrons. The van der Waals surface area contributed by atoms with Crippen molar-refractivity contribution in [3.63, 3.8) is 0 Å². The van der Waals surface area contributed by atoms with E-state index in [4.69, 9.17) is 4.74 Å². The first-order valence-electron chi connectivity index (χ1n) is 10.5. The van der Waals surface area contributed by atoms with Crippen LogP contribution >= 0.6 is 12.4 Å². The summed E-state index contributed by atoms with van der Waals surface area (Å²) < 4.78 is 5.71. The molecular formula is C22H34ClN3O3. The van der Waals surface area contributed by atoms with E-state index in [0.29, 0.717) is 11.3 Å². The van der Waals surface area contributed by atoms with Gasteiger partial charge >= 0.3 is 0 Å². The lowest BCUT2D eigenvalue weighted by Gasteiger charge is -2.38. The maximum atomic E-state index is 12.8. The molecule has 3 unspecified atom stereocenters. The number of halogens is 1. The van der Waals surface area contributed by atoms with E-state index in [1.807, 2.05) is 16.8 Å². The standard InChI is InChI=1S/C22H33N3O3.ClH/c1-16-6-4-7-17(2)25(16)21(26)15-28-20-11-9-18(10-12-20)22(27)24-13-5-8-19(24)14-23-3;/h9-12,16-17,19,23H,4-8,13-15H2,1-3H3;1H. The highest BCUT2D eigenvalue weighted by molar-refractivity contribution is 5.94. The summed E-state index contributed by atoms with van der Waals surface area (Å²) >= 11 is 0. The van der Waals surface area contributed by atoms with Gasteiger partial charge in [-0.05, 0) is 77.3 Å². The predicted molar refractivity (Wildman–Crippen MR) is 117 cm³/mol. The molecule has 3 rings (SSSR count). The SMILES string of the molecule is CNCC1CCCN1C(=O)c1ccc(OCC(=O)N2C(C)CCCC2C)cc1.Cl. The minimum atomic E-state index is 0. The molecule has 162 valence electrons. The summed E-state index contributed by atoms with van der Waals surface area (Å²) in [6.45, 7) is 5.88. The van der Waals surface area contributed by atoms with Crippen molar-refractivity contribution in [3.05, 3.63) is 29.8 Å². The van der Waals surface area contributed by atoms with Gasteiger partial charge < -0.3 is 19.9 Å². The second kappa shape index (κ2) is 10.8. The largest absolute Gasteiger partial charge is 0.484 e. The van der Waals surface area contributed by atoms with Crippen LogP contribution in [-0.4, -0.2) is 66.5 Å². The number of ether oxygens (including phenoxy) is 1. The third-order valence-corrected chi connectivity index (χ3v) is 6.02. The normalized spacial score (nSPS) is 24.2. The number of rotatable bonds is 6. The fourth-order valence-corrected chi connectivity index (χ4v) is 4.54. The minimum Gasteiger partial charge on any atom is -0.484 e. The van der Waals surface area contributed by atoms with E-state index < -0.39 is 0 Å². The van der Waals surface area contributed by atoms with Crippen molar-refractivity contribution in [2.24, 2.45) is 0 Å². The van der Waals surface area contributed by atoms with Crippen LogP contribution in [0.5, 0.6) is 5.75 Å². The quantitative estimate of drug-likeness (QED) is 0.763. The summed E-state index contributed by atoms with van der Waals surface area (Å²) in [5.74, 6) is 0.721. The maximum absolute atomic E-state index is 12.8. The molecule has 6 nitrogen and oxygen atoms in total. The van der Waals surface area contributed by atoms with Gasteiger partial charge in [-0.2, -0.15) is 0 Å². The van der Waals surface area contributed by atoms with E-state index in [9.17, 15) is 9.59 Å². The number of likely N-dealkylation sites (tertiary alicyclic amines) is 2. The molecule has 0 spiro atoms. The summed E-state index contributed by atoms with van der Waals surface area (Å²) in [6, 6.07) is 7.96. The smallest absolute Gasteiger partial charge is 0.260 e. The first-order chi connectivity index (χ1) is 13.5. The number of hydrogen-bond acceptors (Lipinski definition) is 4. The first-order valence-corrected chi connectivity index (χ1v) is 10.5. The Bertz CT molecular complexity index is 672. The van der Waals surface area contributed by atoms with Crippen molar-refractivity contribution < 1.29 is 14.3 Å². The highest BCUT2D eigenvalue weighted by Gasteiger charge is 2.30. The predicted octanol–water partition coefficient (Wildman–Crippen LogP) is 3.10. The molecule has 1 aromatic carbocycles. The van der Waals surface area contributed by atoms with Gasteiger partial charge in [-0.1, -0.05) is 0 Å². The van der Waals surface area contributed by atoms with Gasteiger partial charge in [0.25, 0.3) is 11.8 Å². The number of nitrogens with one attached hydrogen (secondary N) is 1. The van der Waals surface area contributed by atoms with Gasteiger partial charge in [0.2, 0.25) is 0 Å². The summed E-state index contributed by atoms with van der Waals surface area (Å²) in [4.78, 5) is 29.3. The van der Waals surface area contributed by atoms with Crippen LogP contribution in [0.15, 0.2) is 24.3 Å². The molecule has 0 bridgehead atoms. The van der Waals surface area contributed by atoms with Crippen LogP contribution in [0.2, 0.25) is 0 Å². The molecule has 2 amide bonds. The third kappa shape index (κ3) is 5.64. The zero-order valence-electron chi connectivity index (χ0n) is 17.7. The number of likely N-dealkylation sites (N-methyl/N-ethyl adjacent to an activating group) is 1. The molecule has 3 atom stereocenters. The fourth-order valence-electron chi connectivity index (χ4n) is 4.54. The van der Waals surface area contributed by atoms with Crippen molar-refractivity contribution in [1.29, 1.82) is 0 Å². The fraction of sp³-hybridized carbons (Fsp3) is 0.636. The molecular weight excluding hydrogens is 390 g/mol. The van der Waals surface area contributed by atoms with Gasteiger partial charge in [0, 0.05) is 36.8 Å². The van der Waals surface area contributed by atoms with E-state index >= 15 is 0 Å². The van der Waals surface area contributed by atoms with Crippen LogP contribution in [-0.2, 0) is 4.79 Å².